The fourth-order valence-corrected chi connectivity index (χ4v) is 1.44. The van der Waals surface area contributed by atoms with Crippen LogP contribution in [0.3, 0.4) is 0 Å². The van der Waals surface area contributed by atoms with Crippen molar-refractivity contribution in [3.63, 3.8) is 0 Å². The Labute approximate surface area is 100 Å². The molecule has 1 aromatic rings. The maximum Gasteiger partial charge on any atom is 0.161 e. The summed E-state index contributed by atoms with van der Waals surface area (Å²) in [7, 11) is 3.06. The number of hydrogen-bond acceptors (Lipinski definition) is 4. The molecule has 0 heterocycles. The first-order valence-electron chi connectivity index (χ1n) is 5.25. The summed E-state index contributed by atoms with van der Waals surface area (Å²) in [4.78, 5) is 10.9. The van der Waals surface area contributed by atoms with E-state index in [1.807, 2.05) is 0 Å². The highest BCUT2D eigenvalue weighted by Crippen LogP contribution is 2.30. The van der Waals surface area contributed by atoms with Crippen molar-refractivity contribution in [2.45, 2.75) is 6.42 Å². The van der Waals surface area contributed by atoms with Crippen LogP contribution >= 0.6 is 0 Å². The first-order chi connectivity index (χ1) is 8.26. The number of aliphatic hydroxyl groups is 1. The van der Waals surface area contributed by atoms with Gasteiger partial charge in [0.1, 0.15) is 0 Å². The molecule has 4 nitrogen and oxygen atoms in total. The predicted molar refractivity (Wildman–Crippen MR) is 65.7 cm³/mol. The Hall–Kier alpha value is -1.81. The third-order valence-corrected chi connectivity index (χ3v) is 2.31. The van der Waals surface area contributed by atoms with Gasteiger partial charge in [-0.2, -0.15) is 0 Å². The first kappa shape index (κ1) is 13.3. The van der Waals surface area contributed by atoms with Crippen molar-refractivity contribution in [3.8, 4) is 11.5 Å². The lowest BCUT2D eigenvalue weighted by Gasteiger charge is -2.10. The predicted octanol–water partition coefficient (Wildman–Crippen LogP) is 1.91. The van der Waals surface area contributed by atoms with Crippen LogP contribution in [0, 0.1) is 0 Å². The molecule has 0 radical (unpaired) electrons. The lowest BCUT2D eigenvalue weighted by molar-refractivity contribution is 0.112. The van der Waals surface area contributed by atoms with Gasteiger partial charge in [0.2, 0.25) is 0 Å². The first-order valence-corrected chi connectivity index (χ1v) is 5.25. The zero-order valence-electron chi connectivity index (χ0n) is 9.97. The molecule has 0 aliphatic carbocycles. The number of methoxy groups -OCH3 is 2. The van der Waals surface area contributed by atoms with Crippen molar-refractivity contribution >= 4 is 12.4 Å². The van der Waals surface area contributed by atoms with E-state index in [4.69, 9.17) is 14.6 Å². The second-order valence-corrected chi connectivity index (χ2v) is 3.37. The maximum absolute atomic E-state index is 10.9. The summed E-state index contributed by atoms with van der Waals surface area (Å²) in [5.74, 6) is 1.09. The third kappa shape index (κ3) is 3.32. The van der Waals surface area contributed by atoms with E-state index in [1.165, 1.54) is 7.11 Å². The zero-order chi connectivity index (χ0) is 12.7. The van der Waals surface area contributed by atoms with Crippen LogP contribution in [0.2, 0.25) is 0 Å². The van der Waals surface area contributed by atoms with Gasteiger partial charge in [0.05, 0.1) is 14.2 Å². The second-order valence-electron chi connectivity index (χ2n) is 3.37. The molecule has 0 unspecified atom stereocenters. The van der Waals surface area contributed by atoms with Gasteiger partial charge in [-0.05, 0) is 24.1 Å². The van der Waals surface area contributed by atoms with Gasteiger partial charge in [0, 0.05) is 12.2 Å². The fourth-order valence-electron chi connectivity index (χ4n) is 1.44. The number of aliphatic hydroxyl groups excluding tert-OH is 1. The molecule has 4 heteroatoms. The number of carbonyl (C=O) groups excluding carboxylic acids is 1. The number of rotatable bonds is 6. The molecule has 1 aromatic carbocycles. The smallest absolute Gasteiger partial charge is 0.161 e. The normalized spacial score (nSPS) is 10.5. The monoisotopic (exact) mass is 236 g/mol. The van der Waals surface area contributed by atoms with E-state index >= 15 is 0 Å². The van der Waals surface area contributed by atoms with E-state index in [-0.39, 0.29) is 6.61 Å². The number of carbonyl (C=O) groups is 1. The van der Waals surface area contributed by atoms with Gasteiger partial charge in [-0.25, -0.2) is 0 Å². The van der Waals surface area contributed by atoms with Crippen molar-refractivity contribution < 1.29 is 19.4 Å². The van der Waals surface area contributed by atoms with E-state index in [1.54, 1.807) is 31.4 Å². The van der Waals surface area contributed by atoms with Crippen molar-refractivity contribution in [3.05, 3.63) is 29.3 Å². The van der Waals surface area contributed by atoms with Crippen LogP contribution < -0.4 is 9.47 Å². The van der Waals surface area contributed by atoms with E-state index in [9.17, 15) is 4.79 Å². The molecule has 17 heavy (non-hydrogen) atoms. The molecular weight excluding hydrogens is 220 g/mol. The molecule has 0 atom stereocenters. The average Bonchev–Trinajstić information content (AvgIpc) is 2.38. The number of hydrogen-bond donors (Lipinski definition) is 1. The second kappa shape index (κ2) is 6.70. The molecule has 0 saturated carbocycles. The summed E-state index contributed by atoms with van der Waals surface area (Å²) < 4.78 is 10.3. The lowest BCUT2D eigenvalue weighted by atomic mass is 10.1. The minimum atomic E-state index is 0.0835. The van der Waals surface area contributed by atoms with Crippen molar-refractivity contribution in [1.82, 2.24) is 0 Å². The van der Waals surface area contributed by atoms with Crippen LogP contribution in [0.25, 0.3) is 6.08 Å². The summed E-state index contributed by atoms with van der Waals surface area (Å²) >= 11 is 0. The Morgan fingerprint density at radius 1 is 1.18 bits per heavy atom. The van der Waals surface area contributed by atoms with E-state index in [0.717, 1.165) is 11.8 Å². The largest absolute Gasteiger partial charge is 0.493 e. The molecule has 0 aliphatic rings. The molecule has 0 bridgehead atoms. The third-order valence-electron chi connectivity index (χ3n) is 2.31. The van der Waals surface area contributed by atoms with Gasteiger partial charge in [-0.15, -0.1) is 0 Å². The van der Waals surface area contributed by atoms with Gasteiger partial charge >= 0.3 is 0 Å². The molecule has 92 valence electrons. The molecule has 0 aromatic heterocycles. The number of aldehydes is 1. The molecular formula is C13H16O4. The molecule has 0 aliphatic heterocycles. The Kier molecular flexibility index (Phi) is 5.23. The minimum Gasteiger partial charge on any atom is -0.493 e. The molecule has 0 fully saturated rings. The maximum atomic E-state index is 10.9. The van der Waals surface area contributed by atoms with Crippen LogP contribution in [0.4, 0.5) is 0 Å². The topological polar surface area (TPSA) is 55.8 Å². The number of benzene rings is 1. The summed E-state index contributed by atoms with van der Waals surface area (Å²) in [6, 6.07) is 3.36. The Balaban J connectivity index is 3.14. The highest BCUT2D eigenvalue weighted by atomic mass is 16.5. The fraction of sp³-hybridized carbons (Fsp3) is 0.308. The van der Waals surface area contributed by atoms with Crippen LogP contribution in [0.15, 0.2) is 18.2 Å². The molecule has 0 saturated heterocycles. The SMILES string of the molecule is COc1cc(C=O)c(/C=C/CCO)cc1OC. The number of ether oxygens (including phenoxy) is 2. The van der Waals surface area contributed by atoms with Gasteiger partial charge in [-0.3, -0.25) is 4.79 Å². The van der Waals surface area contributed by atoms with E-state index in [2.05, 4.69) is 0 Å². The highest BCUT2D eigenvalue weighted by Gasteiger charge is 2.08. The summed E-state index contributed by atoms with van der Waals surface area (Å²) in [6.45, 7) is 0.0835. The van der Waals surface area contributed by atoms with Gasteiger partial charge < -0.3 is 14.6 Å². The van der Waals surface area contributed by atoms with E-state index < -0.39 is 0 Å². The van der Waals surface area contributed by atoms with Crippen LogP contribution in [-0.2, 0) is 0 Å². The van der Waals surface area contributed by atoms with Crippen molar-refractivity contribution in [2.75, 3.05) is 20.8 Å². The van der Waals surface area contributed by atoms with Crippen molar-refractivity contribution in [2.24, 2.45) is 0 Å². The van der Waals surface area contributed by atoms with E-state index in [0.29, 0.717) is 23.5 Å². The zero-order valence-corrected chi connectivity index (χ0v) is 9.97. The molecule has 1 rings (SSSR count). The molecule has 0 spiro atoms. The summed E-state index contributed by atoms with van der Waals surface area (Å²) in [5.41, 5.74) is 1.27. The standard InChI is InChI=1S/C13H16O4/c1-16-12-7-10(5-3-4-6-14)11(9-15)8-13(12)17-2/h3,5,7-9,14H,4,6H2,1-2H3/b5-3+. The van der Waals surface area contributed by atoms with Crippen LogP contribution in [0.5, 0.6) is 11.5 Å². The Morgan fingerprint density at radius 2 is 1.76 bits per heavy atom. The summed E-state index contributed by atoms with van der Waals surface area (Å²) in [6.07, 6.45) is 4.89. The quantitative estimate of drug-likeness (QED) is 0.766. The summed E-state index contributed by atoms with van der Waals surface area (Å²) in [5, 5.41) is 8.69. The van der Waals surface area contributed by atoms with Crippen molar-refractivity contribution in [1.29, 1.82) is 0 Å². The Morgan fingerprint density at radius 3 is 2.24 bits per heavy atom. The van der Waals surface area contributed by atoms with Crippen LogP contribution in [-0.4, -0.2) is 32.2 Å². The Bertz CT molecular complexity index is 410. The molecule has 1 N–H and O–H groups in total. The molecule has 0 amide bonds. The van der Waals surface area contributed by atoms with Crippen LogP contribution in [0.1, 0.15) is 22.3 Å². The average molecular weight is 236 g/mol. The minimum absolute atomic E-state index is 0.0835. The lowest BCUT2D eigenvalue weighted by Crippen LogP contribution is -1.95. The highest BCUT2D eigenvalue weighted by molar-refractivity contribution is 5.83. The van der Waals surface area contributed by atoms with Gasteiger partial charge in [-0.1, -0.05) is 12.2 Å². The van der Waals surface area contributed by atoms with Gasteiger partial charge in [0.25, 0.3) is 0 Å². The van der Waals surface area contributed by atoms with Gasteiger partial charge in [0.15, 0.2) is 17.8 Å².